The highest BCUT2D eigenvalue weighted by Gasteiger charge is 2.20. The van der Waals surface area contributed by atoms with E-state index < -0.39 is 5.63 Å². The van der Waals surface area contributed by atoms with Crippen molar-refractivity contribution in [3.63, 3.8) is 0 Å². The molecule has 0 atom stereocenters. The molecule has 0 aliphatic carbocycles. The van der Waals surface area contributed by atoms with E-state index in [1.807, 2.05) is 50.8 Å². The number of rotatable bonds is 3. The molecule has 20 heavy (non-hydrogen) atoms. The van der Waals surface area contributed by atoms with Gasteiger partial charge in [0.15, 0.2) is 5.56 Å². The van der Waals surface area contributed by atoms with Gasteiger partial charge in [-0.2, -0.15) is 5.26 Å². The molecule has 4 heteroatoms. The van der Waals surface area contributed by atoms with Gasteiger partial charge in [0.25, 0.3) is 0 Å². The molecule has 2 rings (SSSR count). The van der Waals surface area contributed by atoms with Crippen LogP contribution in [0.25, 0.3) is 11.0 Å². The van der Waals surface area contributed by atoms with Gasteiger partial charge in [-0.1, -0.05) is 6.07 Å². The number of benzene rings is 1. The Hall–Kier alpha value is -2.28. The fourth-order valence-electron chi connectivity index (χ4n) is 2.64. The summed E-state index contributed by atoms with van der Waals surface area (Å²) in [5, 5.41) is 10.2. The summed E-state index contributed by atoms with van der Waals surface area (Å²) in [6.45, 7) is 9.42. The van der Waals surface area contributed by atoms with Crippen LogP contribution in [0.3, 0.4) is 0 Å². The first-order valence-electron chi connectivity index (χ1n) is 6.76. The molecule has 0 saturated carbocycles. The highest BCUT2D eigenvalue weighted by Crippen LogP contribution is 2.32. The molecule has 0 fully saturated rings. The molecular formula is C16H18N2O2. The highest BCUT2D eigenvalue weighted by atomic mass is 16.4. The molecule has 0 radical (unpaired) electrons. The van der Waals surface area contributed by atoms with Crippen molar-refractivity contribution in [2.24, 2.45) is 0 Å². The summed E-state index contributed by atoms with van der Waals surface area (Å²) in [5.41, 5.74) is 2.82. The van der Waals surface area contributed by atoms with Gasteiger partial charge in [-0.05, 0) is 44.9 Å². The zero-order valence-electron chi connectivity index (χ0n) is 12.3. The monoisotopic (exact) mass is 270 g/mol. The van der Waals surface area contributed by atoms with Crippen molar-refractivity contribution >= 4 is 16.7 Å². The standard InChI is InChI=1S/C16H18N2O2/c1-5-18(6-2)15-12(9-17)16(19)20-13-8-10(3)7-11(4)14(13)15/h7-8H,5-6H2,1-4H3. The van der Waals surface area contributed by atoms with Gasteiger partial charge in [-0.25, -0.2) is 4.79 Å². The Labute approximate surface area is 118 Å². The van der Waals surface area contributed by atoms with Crippen molar-refractivity contribution in [3.05, 3.63) is 39.2 Å². The van der Waals surface area contributed by atoms with Gasteiger partial charge >= 0.3 is 5.63 Å². The number of anilines is 1. The van der Waals surface area contributed by atoms with Crippen molar-refractivity contribution in [1.29, 1.82) is 5.26 Å². The lowest BCUT2D eigenvalue weighted by Gasteiger charge is -2.24. The number of nitrogens with zero attached hydrogens (tertiary/aromatic N) is 2. The molecule has 0 bridgehead atoms. The van der Waals surface area contributed by atoms with E-state index >= 15 is 0 Å². The summed E-state index contributed by atoms with van der Waals surface area (Å²) in [6.07, 6.45) is 0. The van der Waals surface area contributed by atoms with Crippen molar-refractivity contribution in [1.82, 2.24) is 0 Å². The highest BCUT2D eigenvalue weighted by molar-refractivity contribution is 5.96. The quantitative estimate of drug-likeness (QED) is 0.804. The average Bonchev–Trinajstić information content (AvgIpc) is 2.39. The lowest BCUT2D eigenvalue weighted by molar-refractivity contribution is 0.557. The average molecular weight is 270 g/mol. The first kappa shape index (κ1) is 14.1. The minimum absolute atomic E-state index is 0.0909. The van der Waals surface area contributed by atoms with Crippen LogP contribution in [0, 0.1) is 25.2 Å². The first-order valence-corrected chi connectivity index (χ1v) is 6.76. The lowest BCUT2D eigenvalue weighted by atomic mass is 10.0. The maximum atomic E-state index is 12.0. The molecule has 0 amide bonds. The van der Waals surface area contributed by atoms with Crippen LogP contribution in [0.2, 0.25) is 0 Å². The molecule has 0 aliphatic heterocycles. The normalized spacial score (nSPS) is 10.6. The van der Waals surface area contributed by atoms with E-state index in [0.29, 0.717) is 11.3 Å². The Bertz CT molecular complexity index is 750. The molecule has 0 aliphatic rings. The zero-order valence-corrected chi connectivity index (χ0v) is 12.3. The zero-order chi connectivity index (χ0) is 14.9. The molecule has 0 N–H and O–H groups in total. The van der Waals surface area contributed by atoms with Gasteiger partial charge in [0.05, 0.1) is 5.69 Å². The minimum Gasteiger partial charge on any atom is -0.422 e. The van der Waals surface area contributed by atoms with Gasteiger partial charge < -0.3 is 9.32 Å². The van der Waals surface area contributed by atoms with Gasteiger partial charge in [-0.15, -0.1) is 0 Å². The largest absolute Gasteiger partial charge is 0.422 e. The molecule has 4 nitrogen and oxygen atoms in total. The SMILES string of the molecule is CCN(CC)c1c(C#N)c(=O)oc2cc(C)cc(C)c12. The van der Waals surface area contributed by atoms with Gasteiger partial charge in [-0.3, -0.25) is 0 Å². The van der Waals surface area contributed by atoms with Crippen LogP contribution in [0.5, 0.6) is 0 Å². The van der Waals surface area contributed by atoms with Crippen LogP contribution >= 0.6 is 0 Å². The summed E-state index contributed by atoms with van der Waals surface area (Å²) in [5.74, 6) is 0. The van der Waals surface area contributed by atoms with E-state index in [1.165, 1.54) is 0 Å². The molecule has 0 unspecified atom stereocenters. The van der Waals surface area contributed by atoms with Crippen LogP contribution in [-0.4, -0.2) is 13.1 Å². The predicted molar refractivity (Wildman–Crippen MR) is 80.2 cm³/mol. The van der Waals surface area contributed by atoms with E-state index in [9.17, 15) is 10.1 Å². The van der Waals surface area contributed by atoms with Crippen LogP contribution in [-0.2, 0) is 0 Å². The topological polar surface area (TPSA) is 57.2 Å². The molecule has 104 valence electrons. The van der Waals surface area contributed by atoms with Gasteiger partial charge in [0.1, 0.15) is 11.7 Å². The molecule has 1 aromatic heterocycles. The summed E-state index contributed by atoms with van der Waals surface area (Å²) >= 11 is 0. The van der Waals surface area contributed by atoms with Crippen molar-refractivity contribution in [2.45, 2.75) is 27.7 Å². The molecule has 1 aromatic carbocycles. The molecule has 0 saturated heterocycles. The summed E-state index contributed by atoms with van der Waals surface area (Å²) in [4.78, 5) is 14.1. The Morgan fingerprint density at radius 3 is 2.45 bits per heavy atom. The minimum atomic E-state index is -0.563. The first-order chi connectivity index (χ1) is 9.53. The van der Waals surface area contributed by atoms with E-state index in [1.54, 1.807) is 0 Å². The Morgan fingerprint density at radius 2 is 1.90 bits per heavy atom. The van der Waals surface area contributed by atoms with Crippen molar-refractivity contribution < 1.29 is 4.42 Å². The van der Waals surface area contributed by atoms with E-state index in [-0.39, 0.29) is 5.56 Å². The Morgan fingerprint density at radius 1 is 1.25 bits per heavy atom. The molecular weight excluding hydrogens is 252 g/mol. The number of hydrogen-bond donors (Lipinski definition) is 0. The second kappa shape index (κ2) is 5.38. The van der Waals surface area contributed by atoms with Crippen LogP contribution in [0.1, 0.15) is 30.5 Å². The van der Waals surface area contributed by atoms with Crippen LogP contribution < -0.4 is 10.5 Å². The van der Waals surface area contributed by atoms with E-state index in [0.717, 1.165) is 29.6 Å². The fraction of sp³-hybridized carbons (Fsp3) is 0.375. The summed E-state index contributed by atoms with van der Waals surface area (Å²) in [6, 6.07) is 5.88. The second-order valence-corrected chi connectivity index (χ2v) is 4.85. The Kier molecular flexibility index (Phi) is 3.80. The summed E-state index contributed by atoms with van der Waals surface area (Å²) < 4.78 is 5.32. The van der Waals surface area contributed by atoms with Gasteiger partial charge in [0, 0.05) is 18.5 Å². The van der Waals surface area contributed by atoms with E-state index in [2.05, 4.69) is 0 Å². The predicted octanol–water partition coefficient (Wildman–Crippen LogP) is 3.13. The number of nitriles is 1. The Balaban J connectivity index is 3.01. The summed E-state index contributed by atoms with van der Waals surface area (Å²) in [7, 11) is 0. The van der Waals surface area contributed by atoms with Gasteiger partial charge in [0.2, 0.25) is 0 Å². The number of aryl methyl sites for hydroxylation is 2. The van der Waals surface area contributed by atoms with E-state index in [4.69, 9.17) is 4.42 Å². The number of hydrogen-bond acceptors (Lipinski definition) is 4. The molecule has 0 spiro atoms. The van der Waals surface area contributed by atoms with Crippen molar-refractivity contribution in [3.8, 4) is 6.07 Å². The number of fused-ring (bicyclic) bond motifs is 1. The second-order valence-electron chi connectivity index (χ2n) is 4.85. The van der Waals surface area contributed by atoms with Crippen LogP contribution in [0.4, 0.5) is 5.69 Å². The third-order valence-electron chi connectivity index (χ3n) is 3.52. The van der Waals surface area contributed by atoms with Crippen LogP contribution in [0.15, 0.2) is 21.3 Å². The third-order valence-corrected chi connectivity index (χ3v) is 3.52. The lowest BCUT2D eigenvalue weighted by Crippen LogP contribution is -2.25. The fourth-order valence-corrected chi connectivity index (χ4v) is 2.64. The molecule has 1 heterocycles. The maximum absolute atomic E-state index is 12.0. The maximum Gasteiger partial charge on any atom is 0.356 e. The third kappa shape index (κ3) is 2.16. The molecule has 2 aromatic rings. The smallest absolute Gasteiger partial charge is 0.356 e. The van der Waals surface area contributed by atoms with Crippen molar-refractivity contribution in [2.75, 3.05) is 18.0 Å².